The van der Waals surface area contributed by atoms with Gasteiger partial charge in [-0.2, -0.15) is 0 Å². The van der Waals surface area contributed by atoms with Crippen molar-refractivity contribution in [3.63, 3.8) is 0 Å². The number of hydrogen-bond donors (Lipinski definition) is 1. The third-order valence-corrected chi connectivity index (χ3v) is 5.78. The molecular formula is C28H34N2O2S. The topological polar surface area (TPSA) is 33.7 Å². The lowest BCUT2D eigenvalue weighted by Crippen LogP contribution is -2.47. The molecule has 0 aliphatic heterocycles. The fourth-order valence-electron chi connectivity index (χ4n) is 3.75. The fourth-order valence-corrected chi connectivity index (χ4v) is 4.04. The SMILES string of the molecule is CCOC(CN(CCc1ccccc1)C(=S)NC(c1ccccc1)c1ccccc1)OCC. The van der Waals surface area contributed by atoms with Crippen molar-refractivity contribution in [1.82, 2.24) is 10.2 Å². The summed E-state index contributed by atoms with van der Waals surface area (Å²) in [6.07, 6.45) is 0.553. The summed E-state index contributed by atoms with van der Waals surface area (Å²) in [6.45, 7) is 6.48. The molecule has 0 bridgehead atoms. The Labute approximate surface area is 203 Å². The van der Waals surface area contributed by atoms with E-state index >= 15 is 0 Å². The second-order valence-electron chi connectivity index (χ2n) is 7.73. The van der Waals surface area contributed by atoms with Gasteiger partial charge in [0.25, 0.3) is 0 Å². The summed E-state index contributed by atoms with van der Waals surface area (Å²) >= 11 is 5.96. The molecule has 1 N–H and O–H groups in total. The maximum atomic E-state index is 5.96. The minimum atomic E-state index is -0.331. The Balaban J connectivity index is 1.81. The summed E-state index contributed by atoms with van der Waals surface area (Å²) in [5.41, 5.74) is 3.61. The molecule has 3 rings (SSSR count). The predicted octanol–water partition coefficient (Wildman–Crippen LogP) is 5.59. The molecule has 174 valence electrons. The highest BCUT2D eigenvalue weighted by molar-refractivity contribution is 7.80. The lowest BCUT2D eigenvalue weighted by atomic mass is 9.99. The van der Waals surface area contributed by atoms with E-state index in [0.717, 1.165) is 13.0 Å². The zero-order valence-electron chi connectivity index (χ0n) is 19.5. The highest BCUT2D eigenvalue weighted by Gasteiger charge is 2.21. The predicted molar refractivity (Wildman–Crippen MR) is 139 cm³/mol. The van der Waals surface area contributed by atoms with Gasteiger partial charge in [0.05, 0.1) is 12.6 Å². The van der Waals surface area contributed by atoms with Gasteiger partial charge in [0.2, 0.25) is 0 Å². The van der Waals surface area contributed by atoms with Crippen molar-refractivity contribution in [2.45, 2.75) is 32.6 Å². The van der Waals surface area contributed by atoms with E-state index in [-0.39, 0.29) is 12.3 Å². The van der Waals surface area contributed by atoms with Gasteiger partial charge in [-0.3, -0.25) is 0 Å². The maximum absolute atomic E-state index is 5.96. The quantitative estimate of drug-likeness (QED) is 0.280. The van der Waals surface area contributed by atoms with Gasteiger partial charge < -0.3 is 19.7 Å². The van der Waals surface area contributed by atoms with Gasteiger partial charge >= 0.3 is 0 Å². The van der Waals surface area contributed by atoms with E-state index in [1.54, 1.807) is 0 Å². The van der Waals surface area contributed by atoms with Crippen LogP contribution in [0.1, 0.15) is 36.6 Å². The zero-order chi connectivity index (χ0) is 23.3. The highest BCUT2D eigenvalue weighted by Crippen LogP contribution is 2.22. The molecular weight excluding hydrogens is 428 g/mol. The highest BCUT2D eigenvalue weighted by atomic mass is 32.1. The molecule has 0 saturated heterocycles. The van der Waals surface area contributed by atoms with E-state index in [9.17, 15) is 0 Å². The molecule has 0 heterocycles. The van der Waals surface area contributed by atoms with Crippen molar-refractivity contribution in [3.8, 4) is 0 Å². The molecule has 0 saturated carbocycles. The number of hydrogen-bond acceptors (Lipinski definition) is 3. The molecule has 0 atom stereocenters. The van der Waals surface area contributed by atoms with E-state index in [2.05, 4.69) is 83.0 Å². The number of nitrogens with zero attached hydrogens (tertiary/aromatic N) is 1. The zero-order valence-corrected chi connectivity index (χ0v) is 20.3. The van der Waals surface area contributed by atoms with Crippen molar-refractivity contribution >= 4 is 17.3 Å². The van der Waals surface area contributed by atoms with Crippen LogP contribution in [0.2, 0.25) is 0 Å². The molecule has 5 heteroatoms. The molecule has 0 fully saturated rings. The first-order chi connectivity index (χ1) is 16.2. The van der Waals surface area contributed by atoms with Gasteiger partial charge in [0, 0.05) is 19.8 Å². The summed E-state index contributed by atoms with van der Waals surface area (Å²) in [5, 5.41) is 4.31. The van der Waals surface area contributed by atoms with Crippen LogP contribution in [0.5, 0.6) is 0 Å². The van der Waals surface area contributed by atoms with E-state index in [4.69, 9.17) is 21.7 Å². The van der Waals surface area contributed by atoms with Crippen molar-refractivity contribution < 1.29 is 9.47 Å². The van der Waals surface area contributed by atoms with E-state index < -0.39 is 0 Å². The molecule has 0 aliphatic carbocycles. The van der Waals surface area contributed by atoms with Crippen LogP contribution < -0.4 is 5.32 Å². The second kappa shape index (κ2) is 13.7. The second-order valence-corrected chi connectivity index (χ2v) is 8.11. The molecule has 0 radical (unpaired) electrons. The Hall–Kier alpha value is -2.73. The van der Waals surface area contributed by atoms with E-state index in [0.29, 0.717) is 24.9 Å². The Kier molecular flexibility index (Phi) is 10.4. The average Bonchev–Trinajstić information content (AvgIpc) is 2.87. The van der Waals surface area contributed by atoms with Crippen molar-refractivity contribution in [2.24, 2.45) is 0 Å². The van der Waals surface area contributed by atoms with Crippen molar-refractivity contribution in [2.75, 3.05) is 26.3 Å². The molecule has 0 unspecified atom stereocenters. The molecule has 0 aromatic heterocycles. The molecule has 33 heavy (non-hydrogen) atoms. The van der Waals surface area contributed by atoms with Crippen LogP contribution >= 0.6 is 12.2 Å². The van der Waals surface area contributed by atoms with Gasteiger partial charge in [-0.05, 0) is 49.2 Å². The number of benzene rings is 3. The van der Waals surface area contributed by atoms with Crippen LogP contribution in [0.3, 0.4) is 0 Å². The number of rotatable bonds is 12. The summed E-state index contributed by atoms with van der Waals surface area (Å²) in [4.78, 5) is 2.16. The van der Waals surface area contributed by atoms with Gasteiger partial charge in [-0.1, -0.05) is 91.0 Å². The smallest absolute Gasteiger partial charge is 0.174 e. The molecule has 3 aromatic rings. The maximum Gasteiger partial charge on any atom is 0.174 e. The Morgan fingerprint density at radius 3 is 1.76 bits per heavy atom. The van der Waals surface area contributed by atoms with Crippen LogP contribution in [0.4, 0.5) is 0 Å². The minimum absolute atomic E-state index is 0.0447. The van der Waals surface area contributed by atoms with Crippen molar-refractivity contribution in [3.05, 3.63) is 108 Å². The molecule has 4 nitrogen and oxygen atoms in total. The van der Waals surface area contributed by atoms with Gasteiger partial charge in [-0.25, -0.2) is 0 Å². The monoisotopic (exact) mass is 462 g/mol. The summed E-state index contributed by atoms with van der Waals surface area (Å²) in [6, 6.07) is 31.2. The minimum Gasteiger partial charge on any atom is -0.352 e. The summed E-state index contributed by atoms with van der Waals surface area (Å²) in [5.74, 6) is 0. The average molecular weight is 463 g/mol. The Morgan fingerprint density at radius 1 is 0.788 bits per heavy atom. The van der Waals surface area contributed by atoms with Crippen LogP contribution in [-0.4, -0.2) is 42.6 Å². The molecule has 0 aliphatic rings. The molecule has 0 amide bonds. The van der Waals surface area contributed by atoms with E-state index in [1.165, 1.54) is 16.7 Å². The van der Waals surface area contributed by atoms with Crippen LogP contribution in [-0.2, 0) is 15.9 Å². The Morgan fingerprint density at radius 2 is 1.27 bits per heavy atom. The number of nitrogens with one attached hydrogen (secondary N) is 1. The molecule has 0 spiro atoms. The first-order valence-corrected chi connectivity index (χ1v) is 12.0. The first-order valence-electron chi connectivity index (χ1n) is 11.6. The van der Waals surface area contributed by atoms with Crippen LogP contribution in [0, 0.1) is 0 Å². The Bertz CT molecular complexity index is 892. The van der Waals surface area contributed by atoms with Crippen LogP contribution in [0.15, 0.2) is 91.0 Å². The van der Waals surface area contributed by atoms with Gasteiger partial charge in [-0.15, -0.1) is 0 Å². The van der Waals surface area contributed by atoms with Gasteiger partial charge in [0.15, 0.2) is 11.4 Å². The normalized spacial score (nSPS) is 11.0. The van der Waals surface area contributed by atoms with Crippen LogP contribution in [0.25, 0.3) is 0 Å². The standard InChI is InChI=1S/C28H34N2O2S/c1-3-31-26(32-4-2)22-30(21-20-23-14-8-5-9-15-23)28(33)29-27(24-16-10-6-11-17-24)25-18-12-7-13-19-25/h5-19,26-27H,3-4,20-22H2,1-2H3,(H,29,33). The third-order valence-electron chi connectivity index (χ3n) is 5.41. The van der Waals surface area contributed by atoms with Gasteiger partial charge in [0.1, 0.15) is 0 Å². The fraction of sp³-hybridized carbons (Fsp3) is 0.321. The largest absolute Gasteiger partial charge is 0.352 e. The van der Waals surface area contributed by atoms with E-state index in [1.807, 2.05) is 32.0 Å². The molecule has 3 aromatic carbocycles. The third kappa shape index (κ3) is 7.97. The lowest BCUT2D eigenvalue weighted by Gasteiger charge is -2.32. The summed E-state index contributed by atoms with van der Waals surface area (Å²) < 4.78 is 11.7. The summed E-state index contributed by atoms with van der Waals surface area (Å²) in [7, 11) is 0. The number of ether oxygens (including phenoxy) is 2. The first kappa shape index (κ1) is 24.9. The lowest BCUT2D eigenvalue weighted by molar-refractivity contribution is -0.141. The number of thiocarbonyl (C=S) groups is 1. The van der Waals surface area contributed by atoms with Crippen molar-refractivity contribution in [1.29, 1.82) is 0 Å².